The number of hydrogen-bond acceptors (Lipinski definition) is 2. The smallest absolute Gasteiger partial charge is 0.315 e. The molecule has 2 atom stereocenters. The number of halogens is 1. The van der Waals surface area contributed by atoms with Gasteiger partial charge in [0.2, 0.25) is 5.91 Å². The molecule has 0 fully saturated rings. The van der Waals surface area contributed by atoms with E-state index in [1.807, 2.05) is 13.8 Å². The van der Waals surface area contributed by atoms with Crippen LogP contribution in [0.1, 0.15) is 27.2 Å². The van der Waals surface area contributed by atoms with Crippen molar-refractivity contribution in [3.8, 4) is 0 Å². The molecule has 0 saturated carbocycles. The maximum absolute atomic E-state index is 13.4. The summed E-state index contributed by atoms with van der Waals surface area (Å²) in [5, 5.41) is 7.61. The Morgan fingerprint density at radius 2 is 1.85 bits per heavy atom. The normalized spacial score (nSPS) is 13.2. The number of nitrogens with one attached hydrogen (secondary N) is 3. The molecule has 20 heavy (non-hydrogen) atoms. The fourth-order valence-electron chi connectivity index (χ4n) is 1.43. The molecule has 110 valence electrons. The van der Waals surface area contributed by atoms with Gasteiger partial charge in [0.05, 0.1) is 5.69 Å². The third-order valence-electron chi connectivity index (χ3n) is 2.86. The van der Waals surface area contributed by atoms with Crippen LogP contribution in [0.2, 0.25) is 0 Å². The van der Waals surface area contributed by atoms with E-state index >= 15 is 0 Å². The predicted octanol–water partition coefficient (Wildman–Crippen LogP) is 2.25. The molecule has 3 N–H and O–H groups in total. The number of urea groups is 1. The first kappa shape index (κ1) is 15.9. The largest absolute Gasteiger partial charge is 0.336 e. The highest BCUT2D eigenvalue weighted by atomic mass is 19.1. The average Bonchev–Trinajstić information content (AvgIpc) is 2.40. The Bertz CT molecular complexity index is 479. The topological polar surface area (TPSA) is 70.2 Å². The van der Waals surface area contributed by atoms with Crippen molar-refractivity contribution in [2.45, 2.75) is 39.3 Å². The summed E-state index contributed by atoms with van der Waals surface area (Å²) in [5.74, 6) is -0.994. The molecule has 0 saturated heterocycles. The Morgan fingerprint density at radius 1 is 1.20 bits per heavy atom. The van der Waals surface area contributed by atoms with Gasteiger partial charge in [0.15, 0.2) is 0 Å². The van der Waals surface area contributed by atoms with Crippen LogP contribution in [0.15, 0.2) is 24.3 Å². The molecule has 1 aromatic rings. The van der Waals surface area contributed by atoms with Crippen LogP contribution >= 0.6 is 0 Å². The minimum Gasteiger partial charge on any atom is -0.336 e. The first-order valence-corrected chi connectivity index (χ1v) is 6.56. The lowest BCUT2D eigenvalue weighted by Gasteiger charge is -2.17. The highest BCUT2D eigenvalue weighted by Crippen LogP contribution is 2.12. The highest BCUT2D eigenvalue weighted by Gasteiger charge is 2.17. The molecule has 6 heteroatoms. The van der Waals surface area contributed by atoms with Crippen LogP contribution in [0.4, 0.5) is 14.9 Å². The summed E-state index contributed by atoms with van der Waals surface area (Å²) in [6, 6.07) is 4.70. The van der Waals surface area contributed by atoms with E-state index in [0.717, 1.165) is 6.42 Å². The van der Waals surface area contributed by atoms with Gasteiger partial charge in [0.25, 0.3) is 0 Å². The zero-order valence-electron chi connectivity index (χ0n) is 11.9. The van der Waals surface area contributed by atoms with Crippen LogP contribution in [-0.2, 0) is 4.79 Å². The Kier molecular flexibility index (Phi) is 5.96. The molecule has 0 aliphatic heterocycles. The Morgan fingerprint density at radius 3 is 2.45 bits per heavy atom. The van der Waals surface area contributed by atoms with Crippen LogP contribution in [-0.4, -0.2) is 24.0 Å². The lowest BCUT2D eigenvalue weighted by atomic mass is 10.2. The fourth-order valence-corrected chi connectivity index (χ4v) is 1.43. The van der Waals surface area contributed by atoms with Crippen molar-refractivity contribution in [1.29, 1.82) is 0 Å². The quantitative estimate of drug-likeness (QED) is 0.774. The van der Waals surface area contributed by atoms with Crippen LogP contribution in [0.25, 0.3) is 0 Å². The predicted molar refractivity (Wildman–Crippen MR) is 75.9 cm³/mol. The number of carbonyl (C=O) groups excluding carboxylic acids is 2. The summed E-state index contributed by atoms with van der Waals surface area (Å²) < 4.78 is 13.4. The van der Waals surface area contributed by atoms with Crippen LogP contribution < -0.4 is 16.0 Å². The third-order valence-corrected chi connectivity index (χ3v) is 2.86. The van der Waals surface area contributed by atoms with E-state index in [-0.39, 0.29) is 11.7 Å². The third kappa shape index (κ3) is 4.87. The first-order valence-electron chi connectivity index (χ1n) is 6.56. The number of amides is 3. The van der Waals surface area contributed by atoms with Crippen LogP contribution in [0, 0.1) is 5.82 Å². The van der Waals surface area contributed by atoms with Crippen molar-refractivity contribution < 1.29 is 14.0 Å². The Balaban J connectivity index is 2.51. The summed E-state index contributed by atoms with van der Waals surface area (Å²) in [6.45, 7) is 5.34. The van der Waals surface area contributed by atoms with E-state index in [1.165, 1.54) is 25.1 Å². The molecule has 1 rings (SSSR count). The number of para-hydroxylation sites is 1. The minimum atomic E-state index is -0.765. The van der Waals surface area contributed by atoms with Gasteiger partial charge >= 0.3 is 6.03 Å². The van der Waals surface area contributed by atoms with Gasteiger partial charge in [-0.25, -0.2) is 9.18 Å². The molecular formula is C14H20FN3O2. The van der Waals surface area contributed by atoms with Crippen molar-refractivity contribution in [2.75, 3.05) is 5.32 Å². The van der Waals surface area contributed by atoms with Gasteiger partial charge < -0.3 is 16.0 Å². The number of hydrogen-bond donors (Lipinski definition) is 3. The number of benzene rings is 1. The molecule has 0 aliphatic carbocycles. The Labute approximate surface area is 117 Å². The summed E-state index contributed by atoms with van der Waals surface area (Å²) in [4.78, 5) is 23.4. The second-order valence-corrected chi connectivity index (χ2v) is 4.62. The highest BCUT2D eigenvalue weighted by molar-refractivity contribution is 5.96. The van der Waals surface area contributed by atoms with Crippen molar-refractivity contribution in [1.82, 2.24) is 10.6 Å². The van der Waals surface area contributed by atoms with E-state index in [0.29, 0.717) is 0 Å². The summed E-state index contributed by atoms with van der Waals surface area (Å²) in [6.07, 6.45) is 0.795. The molecule has 5 nitrogen and oxygen atoms in total. The van der Waals surface area contributed by atoms with E-state index < -0.39 is 23.8 Å². The fraction of sp³-hybridized carbons (Fsp3) is 0.429. The second kappa shape index (κ2) is 7.47. The Hall–Kier alpha value is -2.11. The van der Waals surface area contributed by atoms with Crippen LogP contribution in [0.5, 0.6) is 0 Å². The maximum atomic E-state index is 13.4. The van der Waals surface area contributed by atoms with Crippen molar-refractivity contribution in [2.24, 2.45) is 0 Å². The zero-order chi connectivity index (χ0) is 15.1. The van der Waals surface area contributed by atoms with Crippen molar-refractivity contribution in [3.63, 3.8) is 0 Å². The molecule has 0 heterocycles. The standard InChI is InChI=1S/C14H20FN3O2/c1-4-9(2)16-14(20)17-10(3)13(19)18-12-8-6-5-7-11(12)15/h5-10H,4H2,1-3H3,(H,18,19)(H2,16,17,20). The summed E-state index contributed by atoms with van der Waals surface area (Å²) >= 11 is 0. The summed E-state index contributed by atoms with van der Waals surface area (Å²) in [7, 11) is 0. The first-order chi connectivity index (χ1) is 9.43. The van der Waals surface area contributed by atoms with E-state index in [2.05, 4.69) is 16.0 Å². The lowest BCUT2D eigenvalue weighted by molar-refractivity contribution is -0.117. The molecule has 0 aromatic heterocycles. The maximum Gasteiger partial charge on any atom is 0.315 e. The van der Waals surface area contributed by atoms with Gasteiger partial charge in [-0.15, -0.1) is 0 Å². The van der Waals surface area contributed by atoms with E-state index in [9.17, 15) is 14.0 Å². The minimum absolute atomic E-state index is 0.0248. The number of rotatable bonds is 5. The van der Waals surface area contributed by atoms with Crippen LogP contribution in [0.3, 0.4) is 0 Å². The van der Waals surface area contributed by atoms with Gasteiger partial charge in [-0.05, 0) is 32.4 Å². The van der Waals surface area contributed by atoms with Crippen molar-refractivity contribution in [3.05, 3.63) is 30.1 Å². The van der Waals surface area contributed by atoms with E-state index in [4.69, 9.17) is 0 Å². The monoisotopic (exact) mass is 281 g/mol. The SMILES string of the molecule is CCC(C)NC(=O)NC(C)C(=O)Nc1ccccc1F. The number of anilines is 1. The molecule has 0 aliphatic rings. The summed E-state index contributed by atoms with van der Waals surface area (Å²) in [5.41, 5.74) is 0.0912. The molecule has 0 spiro atoms. The van der Waals surface area contributed by atoms with Gasteiger partial charge in [-0.1, -0.05) is 19.1 Å². The van der Waals surface area contributed by atoms with Gasteiger partial charge in [0, 0.05) is 6.04 Å². The lowest BCUT2D eigenvalue weighted by Crippen LogP contribution is -2.48. The molecule has 0 radical (unpaired) electrons. The van der Waals surface area contributed by atoms with Crippen molar-refractivity contribution >= 4 is 17.6 Å². The molecule has 1 aromatic carbocycles. The molecule has 0 bridgehead atoms. The molecule has 2 unspecified atom stereocenters. The average molecular weight is 281 g/mol. The second-order valence-electron chi connectivity index (χ2n) is 4.62. The molecule has 3 amide bonds. The molecular weight excluding hydrogens is 261 g/mol. The zero-order valence-corrected chi connectivity index (χ0v) is 11.9. The van der Waals surface area contributed by atoms with Gasteiger partial charge in [0.1, 0.15) is 11.9 Å². The van der Waals surface area contributed by atoms with E-state index in [1.54, 1.807) is 6.07 Å². The van der Waals surface area contributed by atoms with Gasteiger partial charge in [-0.2, -0.15) is 0 Å². The number of carbonyl (C=O) groups is 2. The van der Waals surface area contributed by atoms with Gasteiger partial charge in [-0.3, -0.25) is 4.79 Å².